The van der Waals surface area contributed by atoms with Crippen LogP contribution in [0.4, 0.5) is 0 Å². The van der Waals surface area contributed by atoms with Gasteiger partial charge in [0, 0.05) is 31.4 Å². The van der Waals surface area contributed by atoms with Crippen molar-refractivity contribution in [2.24, 2.45) is 5.92 Å². The van der Waals surface area contributed by atoms with E-state index in [1.807, 2.05) is 38.2 Å². The number of amides is 2. The highest BCUT2D eigenvalue weighted by molar-refractivity contribution is 7.09. The van der Waals surface area contributed by atoms with Gasteiger partial charge >= 0.3 is 0 Å². The standard InChI is InChI=1S/C15H24N4O2S/c1-10(13-9-22-11(2)17-13)16-15(21)12-7-14(20)19(8-12)6-5-18(3)4/h9-10,12H,5-8H2,1-4H3,(H,16,21)/t10-,12-/m1/s1. The van der Waals surface area contributed by atoms with Crippen molar-refractivity contribution in [1.82, 2.24) is 20.1 Å². The fraction of sp³-hybridized carbons (Fsp3) is 0.667. The number of likely N-dealkylation sites (tertiary alicyclic amines) is 1. The Morgan fingerprint density at radius 3 is 2.91 bits per heavy atom. The van der Waals surface area contributed by atoms with Crippen molar-refractivity contribution in [3.8, 4) is 0 Å². The lowest BCUT2D eigenvalue weighted by atomic mass is 10.1. The second-order valence-corrected chi connectivity index (χ2v) is 7.13. The Kier molecular flexibility index (Phi) is 5.52. The molecule has 0 spiro atoms. The van der Waals surface area contributed by atoms with Crippen LogP contribution in [0, 0.1) is 12.8 Å². The van der Waals surface area contributed by atoms with Crippen molar-refractivity contribution < 1.29 is 9.59 Å². The molecule has 2 atom stereocenters. The van der Waals surface area contributed by atoms with Crippen molar-refractivity contribution in [3.05, 3.63) is 16.1 Å². The molecule has 22 heavy (non-hydrogen) atoms. The van der Waals surface area contributed by atoms with Gasteiger partial charge in [0.15, 0.2) is 0 Å². The van der Waals surface area contributed by atoms with Crippen LogP contribution < -0.4 is 5.32 Å². The first-order chi connectivity index (χ1) is 10.4. The van der Waals surface area contributed by atoms with Crippen LogP contribution in [-0.2, 0) is 9.59 Å². The molecule has 1 aliphatic rings. The number of hydrogen-bond donors (Lipinski definition) is 1. The Morgan fingerprint density at radius 1 is 1.59 bits per heavy atom. The summed E-state index contributed by atoms with van der Waals surface area (Å²) in [7, 11) is 3.95. The molecule has 1 aromatic heterocycles. The van der Waals surface area contributed by atoms with Gasteiger partial charge in [0.2, 0.25) is 11.8 Å². The summed E-state index contributed by atoms with van der Waals surface area (Å²) in [4.78, 5) is 32.5. The van der Waals surface area contributed by atoms with Crippen LogP contribution in [0.3, 0.4) is 0 Å². The van der Waals surface area contributed by atoms with E-state index < -0.39 is 0 Å². The van der Waals surface area contributed by atoms with E-state index in [0.717, 1.165) is 17.2 Å². The molecule has 1 aliphatic heterocycles. The van der Waals surface area contributed by atoms with Gasteiger partial charge in [-0.2, -0.15) is 0 Å². The average molecular weight is 324 g/mol. The van der Waals surface area contributed by atoms with Gasteiger partial charge in [-0.15, -0.1) is 11.3 Å². The highest BCUT2D eigenvalue weighted by Crippen LogP contribution is 2.20. The third-order valence-electron chi connectivity index (χ3n) is 3.84. The third-order valence-corrected chi connectivity index (χ3v) is 4.63. The maximum atomic E-state index is 12.3. The van der Waals surface area contributed by atoms with Crippen LogP contribution in [0.1, 0.15) is 30.1 Å². The second kappa shape index (κ2) is 7.19. The summed E-state index contributed by atoms with van der Waals surface area (Å²) >= 11 is 1.57. The molecule has 1 aromatic rings. The lowest BCUT2D eigenvalue weighted by molar-refractivity contribution is -0.129. The number of hydrogen-bond acceptors (Lipinski definition) is 5. The van der Waals surface area contributed by atoms with Gasteiger partial charge in [-0.05, 0) is 27.9 Å². The summed E-state index contributed by atoms with van der Waals surface area (Å²) in [5.41, 5.74) is 0.879. The summed E-state index contributed by atoms with van der Waals surface area (Å²) in [6.45, 7) is 5.88. The van der Waals surface area contributed by atoms with E-state index in [1.54, 1.807) is 16.2 Å². The van der Waals surface area contributed by atoms with Gasteiger partial charge in [-0.25, -0.2) is 4.98 Å². The number of likely N-dealkylation sites (N-methyl/N-ethyl adjacent to an activating group) is 1. The fourth-order valence-electron chi connectivity index (χ4n) is 2.47. The zero-order valence-corrected chi connectivity index (χ0v) is 14.4. The molecule has 1 fully saturated rings. The van der Waals surface area contributed by atoms with E-state index >= 15 is 0 Å². The monoisotopic (exact) mass is 324 g/mol. The predicted octanol–water partition coefficient (Wildman–Crippen LogP) is 1.04. The third kappa shape index (κ3) is 4.27. The molecule has 0 aromatic carbocycles. The maximum absolute atomic E-state index is 12.3. The molecular formula is C15H24N4O2S. The van der Waals surface area contributed by atoms with Gasteiger partial charge in [0.05, 0.1) is 22.7 Å². The Morgan fingerprint density at radius 2 is 2.32 bits per heavy atom. The number of carbonyl (C=O) groups excluding carboxylic acids is 2. The first kappa shape index (κ1) is 16.9. The smallest absolute Gasteiger partial charge is 0.225 e. The van der Waals surface area contributed by atoms with Gasteiger partial charge in [-0.1, -0.05) is 0 Å². The number of nitrogens with zero attached hydrogens (tertiary/aromatic N) is 3. The van der Waals surface area contributed by atoms with Crippen molar-refractivity contribution in [1.29, 1.82) is 0 Å². The van der Waals surface area contributed by atoms with Gasteiger partial charge in [0.25, 0.3) is 0 Å². The molecule has 6 nitrogen and oxygen atoms in total. The van der Waals surface area contributed by atoms with E-state index in [1.165, 1.54) is 0 Å². The summed E-state index contributed by atoms with van der Waals surface area (Å²) in [5.74, 6) is -0.241. The molecule has 1 N–H and O–H groups in total. The van der Waals surface area contributed by atoms with E-state index in [2.05, 4.69) is 10.3 Å². The van der Waals surface area contributed by atoms with E-state index in [0.29, 0.717) is 19.5 Å². The highest BCUT2D eigenvalue weighted by atomic mass is 32.1. The van der Waals surface area contributed by atoms with Crippen molar-refractivity contribution in [2.75, 3.05) is 33.7 Å². The van der Waals surface area contributed by atoms with E-state index in [-0.39, 0.29) is 23.8 Å². The Labute approximate surface area is 135 Å². The minimum absolute atomic E-state index is 0.0566. The van der Waals surface area contributed by atoms with E-state index in [9.17, 15) is 9.59 Å². The van der Waals surface area contributed by atoms with Crippen LogP contribution >= 0.6 is 11.3 Å². The number of rotatable bonds is 6. The minimum atomic E-state index is -0.253. The summed E-state index contributed by atoms with van der Waals surface area (Å²) < 4.78 is 0. The van der Waals surface area contributed by atoms with Crippen molar-refractivity contribution >= 4 is 23.2 Å². The number of thiazole rings is 1. The molecule has 0 saturated carbocycles. The lowest BCUT2D eigenvalue weighted by Crippen LogP contribution is -2.36. The summed E-state index contributed by atoms with van der Waals surface area (Å²) in [6.07, 6.45) is 0.308. The number of aryl methyl sites for hydroxylation is 1. The van der Waals surface area contributed by atoms with Crippen LogP contribution in [0.5, 0.6) is 0 Å². The first-order valence-corrected chi connectivity index (χ1v) is 8.39. The molecule has 2 heterocycles. The normalized spacial score (nSPS) is 19.8. The lowest BCUT2D eigenvalue weighted by Gasteiger charge is -2.19. The van der Waals surface area contributed by atoms with Crippen LogP contribution in [-0.4, -0.2) is 60.3 Å². The first-order valence-electron chi connectivity index (χ1n) is 7.51. The Balaban J connectivity index is 1.87. The van der Waals surface area contributed by atoms with Crippen LogP contribution in [0.15, 0.2) is 5.38 Å². The van der Waals surface area contributed by atoms with Crippen molar-refractivity contribution in [2.45, 2.75) is 26.3 Å². The second-order valence-electron chi connectivity index (χ2n) is 6.07. The van der Waals surface area contributed by atoms with Gasteiger partial charge in [-0.3, -0.25) is 9.59 Å². The quantitative estimate of drug-likeness (QED) is 0.849. The number of carbonyl (C=O) groups is 2. The molecule has 0 aliphatic carbocycles. The molecule has 0 radical (unpaired) electrons. The SMILES string of the molecule is Cc1nc([C@@H](C)NC(=O)[C@@H]2CC(=O)N(CCN(C)C)C2)cs1. The molecule has 0 unspecified atom stereocenters. The molecule has 7 heteroatoms. The summed E-state index contributed by atoms with van der Waals surface area (Å²) in [6, 6.07) is -0.122. The van der Waals surface area contributed by atoms with Gasteiger partial charge < -0.3 is 15.1 Å². The minimum Gasteiger partial charge on any atom is -0.348 e. The Bertz CT molecular complexity index is 543. The average Bonchev–Trinajstić information content (AvgIpc) is 3.02. The number of aromatic nitrogens is 1. The molecule has 122 valence electrons. The molecular weight excluding hydrogens is 300 g/mol. The zero-order valence-electron chi connectivity index (χ0n) is 13.6. The van der Waals surface area contributed by atoms with E-state index in [4.69, 9.17) is 0 Å². The number of nitrogens with one attached hydrogen (secondary N) is 1. The summed E-state index contributed by atoms with van der Waals surface area (Å²) in [5, 5.41) is 5.92. The molecule has 0 bridgehead atoms. The van der Waals surface area contributed by atoms with Crippen LogP contribution in [0.2, 0.25) is 0 Å². The molecule has 2 rings (SSSR count). The molecule has 1 saturated heterocycles. The topological polar surface area (TPSA) is 65.5 Å². The maximum Gasteiger partial charge on any atom is 0.225 e. The Hall–Kier alpha value is -1.47. The predicted molar refractivity (Wildman–Crippen MR) is 86.6 cm³/mol. The van der Waals surface area contributed by atoms with Crippen LogP contribution in [0.25, 0.3) is 0 Å². The van der Waals surface area contributed by atoms with Gasteiger partial charge in [0.1, 0.15) is 0 Å². The largest absolute Gasteiger partial charge is 0.348 e. The fourth-order valence-corrected chi connectivity index (χ4v) is 3.18. The zero-order chi connectivity index (χ0) is 16.3. The van der Waals surface area contributed by atoms with Crippen molar-refractivity contribution in [3.63, 3.8) is 0 Å². The highest BCUT2D eigenvalue weighted by Gasteiger charge is 2.34. The molecule has 2 amide bonds.